The third-order valence-corrected chi connectivity index (χ3v) is 3.22. The van der Waals surface area contributed by atoms with E-state index in [-0.39, 0.29) is 26.1 Å². The molecule has 0 aliphatic heterocycles. The largest absolute Gasteiger partial charge is 0.465 e. The van der Waals surface area contributed by atoms with E-state index in [0.717, 1.165) is 0 Å². The van der Waals surface area contributed by atoms with E-state index in [0.29, 0.717) is 0 Å². The zero-order chi connectivity index (χ0) is 13.8. The molecule has 0 aromatic rings. The summed E-state index contributed by atoms with van der Waals surface area (Å²) < 4.78 is 20.3. The molecule has 0 saturated heterocycles. The first-order valence-corrected chi connectivity index (χ1v) is 5.95. The summed E-state index contributed by atoms with van der Waals surface area (Å²) in [6.07, 6.45) is 0.231. The Kier molecular flexibility index (Phi) is 4.70. The van der Waals surface area contributed by atoms with Crippen molar-refractivity contribution in [2.75, 3.05) is 27.4 Å². The van der Waals surface area contributed by atoms with E-state index >= 15 is 0 Å². The van der Waals surface area contributed by atoms with Gasteiger partial charge in [0.2, 0.25) is 0 Å². The second-order valence-corrected chi connectivity index (χ2v) is 4.20. The molecule has 1 saturated carbocycles. The molecular formula is C12H20O6. The number of ether oxygens (including phenoxy) is 4. The van der Waals surface area contributed by atoms with E-state index in [4.69, 9.17) is 18.9 Å². The Labute approximate surface area is 107 Å². The first kappa shape index (κ1) is 14.9. The van der Waals surface area contributed by atoms with Gasteiger partial charge in [-0.15, -0.1) is 0 Å². The van der Waals surface area contributed by atoms with Gasteiger partial charge in [0, 0.05) is 27.1 Å². The minimum absolute atomic E-state index is 0.116. The Hall–Kier alpha value is -1.14. The fourth-order valence-electron chi connectivity index (χ4n) is 2.15. The fourth-order valence-corrected chi connectivity index (χ4v) is 2.15. The molecule has 0 aromatic carbocycles. The molecule has 1 rings (SSSR count). The molecule has 0 atom stereocenters. The molecule has 0 bridgehead atoms. The van der Waals surface area contributed by atoms with Crippen molar-refractivity contribution in [3.63, 3.8) is 0 Å². The first-order chi connectivity index (χ1) is 8.50. The van der Waals surface area contributed by atoms with Gasteiger partial charge in [-0.05, 0) is 13.8 Å². The average Bonchev–Trinajstić information content (AvgIpc) is 2.30. The lowest BCUT2D eigenvalue weighted by molar-refractivity contribution is -0.294. The van der Waals surface area contributed by atoms with E-state index in [1.165, 1.54) is 14.2 Å². The van der Waals surface area contributed by atoms with Gasteiger partial charge in [-0.1, -0.05) is 0 Å². The predicted molar refractivity (Wildman–Crippen MR) is 61.7 cm³/mol. The maximum absolute atomic E-state index is 11.9. The van der Waals surface area contributed by atoms with Crippen molar-refractivity contribution in [3.8, 4) is 0 Å². The molecule has 6 nitrogen and oxygen atoms in total. The predicted octanol–water partition coefficient (Wildman–Crippen LogP) is 0.882. The lowest BCUT2D eigenvalue weighted by atomic mass is 9.64. The van der Waals surface area contributed by atoms with Gasteiger partial charge in [-0.2, -0.15) is 0 Å². The minimum atomic E-state index is -1.29. The van der Waals surface area contributed by atoms with Gasteiger partial charge in [0.05, 0.1) is 13.2 Å². The maximum Gasteiger partial charge on any atom is 0.323 e. The minimum Gasteiger partial charge on any atom is -0.465 e. The normalized spacial score (nSPS) is 19.8. The molecule has 1 aliphatic rings. The van der Waals surface area contributed by atoms with Crippen molar-refractivity contribution in [2.45, 2.75) is 32.5 Å². The molecule has 0 aromatic heterocycles. The highest BCUT2D eigenvalue weighted by Gasteiger charge is 2.66. The Balaban J connectivity index is 2.87. The van der Waals surface area contributed by atoms with Crippen molar-refractivity contribution < 1.29 is 28.5 Å². The monoisotopic (exact) mass is 260 g/mol. The molecule has 0 amide bonds. The van der Waals surface area contributed by atoms with Crippen molar-refractivity contribution >= 4 is 11.9 Å². The van der Waals surface area contributed by atoms with Gasteiger partial charge < -0.3 is 18.9 Å². The lowest BCUT2D eigenvalue weighted by Gasteiger charge is -2.49. The second-order valence-electron chi connectivity index (χ2n) is 4.20. The number of methoxy groups -OCH3 is 2. The van der Waals surface area contributed by atoms with Crippen LogP contribution in [0.3, 0.4) is 0 Å². The maximum atomic E-state index is 11.9. The van der Waals surface area contributed by atoms with Gasteiger partial charge >= 0.3 is 11.9 Å². The topological polar surface area (TPSA) is 71.1 Å². The zero-order valence-corrected chi connectivity index (χ0v) is 11.3. The summed E-state index contributed by atoms with van der Waals surface area (Å²) in [6, 6.07) is 0. The van der Waals surface area contributed by atoms with Crippen molar-refractivity contribution in [3.05, 3.63) is 0 Å². The van der Waals surface area contributed by atoms with E-state index in [9.17, 15) is 9.59 Å². The SMILES string of the molecule is CCOC(=O)C1(C(=O)OCC)CC(OC)(OC)C1. The van der Waals surface area contributed by atoms with E-state index in [1.54, 1.807) is 13.8 Å². The molecule has 0 unspecified atom stereocenters. The summed E-state index contributed by atoms with van der Waals surface area (Å²) in [6.45, 7) is 3.81. The molecular weight excluding hydrogens is 240 g/mol. The number of carbonyl (C=O) groups is 2. The molecule has 104 valence electrons. The van der Waals surface area contributed by atoms with Gasteiger partial charge in [0.15, 0.2) is 11.2 Å². The average molecular weight is 260 g/mol. The van der Waals surface area contributed by atoms with Crippen molar-refractivity contribution in [1.29, 1.82) is 0 Å². The molecule has 18 heavy (non-hydrogen) atoms. The highest BCUT2D eigenvalue weighted by molar-refractivity contribution is 6.01. The molecule has 1 aliphatic carbocycles. The number of hydrogen-bond donors (Lipinski definition) is 0. The molecule has 6 heteroatoms. The van der Waals surface area contributed by atoms with E-state index < -0.39 is 23.1 Å². The van der Waals surface area contributed by atoms with Crippen LogP contribution in [0.4, 0.5) is 0 Å². The van der Waals surface area contributed by atoms with E-state index in [2.05, 4.69) is 0 Å². The summed E-state index contributed by atoms with van der Waals surface area (Å²) in [5.41, 5.74) is -1.29. The molecule has 0 spiro atoms. The summed E-state index contributed by atoms with van der Waals surface area (Å²) in [4.78, 5) is 23.9. The van der Waals surface area contributed by atoms with Crippen molar-refractivity contribution in [2.24, 2.45) is 5.41 Å². The molecule has 0 N–H and O–H groups in total. The highest BCUT2D eigenvalue weighted by atomic mass is 16.7. The molecule has 1 fully saturated rings. The van der Waals surface area contributed by atoms with Gasteiger partial charge in [-0.3, -0.25) is 9.59 Å². The Morgan fingerprint density at radius 3 is 1.61 bits per heavy atom. The van der Waals surface area contributed by atoms with Crippen LogP contribution in [0.1, 0.15) is 26.7 Å². The fraction of sp³-hybridized carbons (Fsp3) is 0.833. The van der Waals surface area contributed by atoms with Crippen LogP contribution in [-0.4, -0.2) is 45.2 Å². The van der Waals surface area contributed by atoms with Crippen LogP contribution in [0.2, 0.25) is 0 Å². The summed E-state index contributed by atoms with van der Waals surface area (Å²) in [5, 5.41) is 0. The van der Waals surface area contributed by atoms with Gasteiger partial charge in [0.25, 0.3) is 0 Å². The van der Waals surface area contributed by atoms with Crippen LogP contribution in [0.15, 0.2) is 0 Å². The van der Waals surface area contributed by atoms with Crippen LogP contribution in [0.5, 0.6) is 0 Å². The third kappa shape index (κ3) is 2.35. The van der Waals surface area contributed by atoms with Crippen LogP contribution >= 0.6 is 0 Å². The Bertz CT molecular complexity index is 293. The summed E-state index contributed by atoms with van der Waals surface area (Å²) in [5.74, 6) is -2.05. The lowest BCUT2D eigenvalue weighted by Crippen LogP contribution is -2.62. The highest BCUT2D eigenvalue weighted by Crippen LogP contribution is 2.52. The standard InChI is InChI=1S/C12H20O6/c1-5-17-9(13)11(10(14)18-6-2)7-12(8-11,15-3)16-4/h5-8H2,1-4H3. The van der Waals surface area contributed by atoms with Gasteiger partial charge in [0.1, 0.15) is 0 Å². The number of carbonyl (C=O) groups excluding carboxylic acids is 2. The third-order valence-electron chi connectivity index (χ3n) is 3.22. The summed E-state index contributed by atoms with van der Waals surface area (Å²) in [7, 11) is 2.95. The Morgan fingerprint density at radius 1 is 0.944 bits per heavy atom. The van der Waals surface area contributed by atoms with E-state index in [1.807, 2.05) is 0 Å². The zero-order valence-electron chi connectivity index (χ0n) is 11.3. The van der Waals surface area contributed by atoms with Crippen LogP contribution in [-0.2, 0) is 28.5 Å². The van der Waals surface area contributed by atoms with Gasteiger partial charge in [-0.25, -0.2) is 0 Å². The van der Waals surface area contributed by atoms with Crippen LogP contribution in [0, 0.1) is 5.41 Å². The number of hydrogen-bond acceptors (Lipinski definition) is 6. The van der Waals surface area contributed by atoms with Crippen LogP contribution < -0.4 is 0 Å². The quantitative estimate of drug-likeness (QED) is 0.401. The van der Waals surface area contributed by atoms with Crippen molar-refractivity contribution in [1.82, 2.24) is 0 Å². The second kappa shape index (κ2) is 5.67. The number of rotatable bonds is 6. The molecule has 0 radical (unpaired) electrons. The molecule has 0 heterocycles. The first-order valence-electron chi connectivity index (χ1n) is 5.95. The summed E-state index contributed by atoms with van der Waals surface area (Å²) >= 11 is 0. The number of esters is 2. The Morgan fingerprint density at radius 2 is 1.33 bits per heavy atom. The van der Waals surface area contributed by atoms with Crippen LogP contribution in [0.25, 0.3) is 0 Å². The smallest absolute Gasteiger partial charge is 0.323 e.